The van der Waals surface area contributed by atoms with E-state index < -0.39 is 0 Å². The zero-order chi connectivity index (χ0) is 14.4. The quantitative estimate of drug-likeness (QED) is 0.589. The average molecular weight is 272 g/mol. The molecule has 1 N–H and O–H groups in total. The SMILES string of the molecule is C=C(C)CCn1ccc2c(CNCCOC)cccc21. The molecule has 108 valence electrons. The fourth-order valence-corrected chi connectivity index (χ4v) is 2.34. The molecule has 20 heavy (non-hydrogen) atoms. The predicted octanol–water partition coefficient (Wildman–Crippen LogP) is 3.34. The van der Waals surface area contributed by atoms with Crippen LogP contribution in [-0.2, 0) is 17.8 Å². The molecule has 1 aromatic heterocycles. The lowest BCUT2D eigenvalue weighted by atomic mass is 10.1. The van der Waals surface area contributed by atoms with E-state index in [0.717, 1.165) is 32.7 Å². The van der Waals surface area contributed by atoms with Crippen molar-refractivity contribution in [1.29, 1.82) is 0 Å². The van der Waals surface area contributed by atoms with Gasteiger partial charge in [-0.15, -0.1) is 6.58 Å². The Bertz CT molecular complexity index is 571. The number of nitrogens with one attached hydrogen (secondary N) is 1. The van der Waals surface area contributed by atoms with Crippen LogP contribution in [-0.4, -0.2) is 24.8 Å². The molecular formula is C17H24N2O. The van der Waals surface area contributed by atoms with Crippen LogP contribution in [0.2, 0.25) is 0 Å². The smallest absolute Gasteiger partial charge is 0.0587 e. The molecule has 0 unspecified atom stereocenters. The van der Waals surface area contributed by atoms with Gasteiger partial charge in [0.25, 0.3) is 0 Å². The standard InChI is InChI=1S/C17H24N2O/c1-14(2)7-10-19-11-8-16-15(5-4-6-17(16)19)13-18-9-12-20-3/h4-6,8,11,18H,1,7,9-10,12-13H2,2-3H3. The van der Waals surface area contributed by atoms with Crippen molar-refractivity contribution in [3.8, 4) is 0 Å². The molecule has 0 fully saturated rings. The Morgan fingerprint density at radius 1 is 1.35 bits per heavy atom. The molecule has 3 heteroatoms. The molecule has 0 aliphatic rings. The summed E-state index contributed by atoms with van der Waals surface area (Å²) in [4.78, 5) is 0. The number of hydrogen-bond acceptors (Lipinski definition) is 2. The second-order valence-corrected chi connectivity index (χ2v) is 5.24. The molecular weight excluding hydrogens is 248 g/mol. The Kier molecular flexibility index (Phi) is 5.39. The molecule has 2 rings (SSSR count). The van der Waals surface area contributed by atoms with E-state index >= 15 is 0 Å². The van der Waals surface area contributed by atoms with Gasteiger partial charge in [-0.25, -0.2) is 0 Å². The molecule has 0 bridgehead atoms. The largest absolute Gasteiger partial charge is 0.383 e. The Balaban J connectivity index is 2.10. The van der Waals surface area contributed by atoms with Gasteiger partial charge in [-0.3, -0.25) is 0 Å². The highest BCUT2D eigenvalue weighted by Gasteiger charge is 2.05. The van der Waals surface area contributed by atoms with Crippen molar-refractivity contribution >= 4 is 10.9 Å². The lowest BCUT2D eigenvalue weighted by Gasteiger charge is -2.08. The van der Waals surface area contributed by atoms with Gasteiger partial charge in [-0.05, 0) is 31.0 Å². The minimum absolute atomic E-state index is 0.746. The average Bonchev–Trinajstić information content (AvgIpc) is 2.85. The lowest BCUT2D eigenvalue weighted by molar-refractivity contribution is 0.199. The second kappa shape index (κ2) is 7.27. The molecule has 0 aliphatic carbocycles. The molecule has 0 atom stereocenters. The Morgan fingerprint density at radius 3 is 2.95 bits per heavy atom. The summed E-state index contributed by atoms with van der Waals surface area (Å²) in [7, 11) is 1.73. The number of benzene rings is 1. The fourth-order valence-electron chi connectivity index (χ4n) is 2.34. The predicted molar refractivity (Wildman–Crippen MR) is 85.0 cm³/mol. The molecule has 0 saturated heterocycles. The van der Waals surface area contributed by atoms with Crippen LogP contribution >= 0.6 is 0 Å². The first-order chi connectivity index (χ1) is 9.72. The molecule has 0 aliphatic heterocycles. The van der Waals surface area contributed by atoms with E-state index in [4.69, 9.17) is 4.74 Å². The zero-order valence-corrected chi connectivity index (χ0v) is 12.5. The maximum atomic E-state index is 5.05. The summed E-state index contributed by atoms with van der Waals surface area (Å²) in [5.41, 5.74) is 3.87. The monoisotopic (exact) mass is 272 g/mol. The second-order valence-electron chi connectivity index (χ2n) is 5.24. The van der Waals surface area contributed by atoms with Crippen molar-refractivity contribution in [2.75, 3.05) is 20.3 Å². The molecule has 0 radical (unpaired) electrons. The van der Waals surface area contributed by atoms with Gasteiger partial charge in [0.05, 0.1) is 6.61 Å². The normalized spacial score (nSPS) is 11.1. The van der Waals surface area contributed by atoms with Crippen molar-refractivity contribution in [2.24, 2.45) is 0 Å². The molecule has 0 amide bonds. The van der Waals surface area contributed by atoms with E-state index in [1.54, 1.807) is 7.11 Å². The van der Waals surface area contributed by atoms with E-state index in [1.807, 2.05) is 0 Å². The highest BCUT2D eigenvalue weighted by atomic mass is 16.5. The van der Waals surface area contributed by atoms with Crippen molar-refractivity contribution in [3.05, 3.63) is 48.2 Å². The van der Waals surface area contributed by atoms with E-state index in [0.29, 0.717) is 0 Å². The highest BCUT2D eigenvalue weighted by molar-refractivity contribution is 5.83. The minimum Gasteiger partial charge on any atom is -0.383 e. The van der Waals surface area contributed by atoms with Gasteiger partial charge >= 0.3 is 0 Å². The third-order valence-electron chi connectivity index (χ3n) is 3.48. The van der Waals surface area contributed by atoms with Crippen LogP contribution in [0.15, 0.2) is 42.6 Å². The Hall–Kier alpha value is -1.58. The van der Waals surface area contributed by atoms with Gasteiger partial charge in [-0.2, -0.15) is 0 Å². The van der Waals surface area contributed by atoms with Gasteiger partial charge in [0.1, 0.15) is 0 Å². The molecule has 2 aromatic rings. The molecule has 0 spiro atoms. The summed E-state index contributed by atoms with van der Waals surface area (Å²) in [5.74, 6) is 0. The number of aromatic nitrogens is 1. The van der Waals surface area contributed by atoms with Crippen LogP contribution in [0, 0.1) is 0 Å². The topological polar surface area (TPSA) is 26.2 Å². The van der Waals surface area contributed by atoms with Gasteiger partial charge in [0.15, 0.2) is 0 Å². The van der Waals surface area contributed by atoms with Gasteiger partial charge in [-0.1, -0.05) is 17.7 Å². The van der Waals surface area contributed by atoms with Gasteiger partial charge in [0, 0.05) is 43.8 Å². The van der Waals surface area contributed by atoms with Crippen molar-refractivity contribution in [3.63, 3.8) is 0 Å². The van der Waals surface area contributed by atoms with Crippen molar-refractivity contribution < 1.29 is 4.74 Å². The first-order valence-corrected chi connectivity index (χ1v) is 7.13. The summed E-state index contributed by atoms with van der Waals surface area (Å²) in [5, 5.41) is 4.74. The minimum atomic E-state index is 0.746. The van der Waals surface area contributed by atoms with E-state index in [1.165, 1.54) is 22.0 Å². The van der Waals surface area contributed by atoms with Crippen LogP contribution in [0.4, 0.5) is 0 Å². The third kappa shape index (κ3) is 3.71. The van der Waals surface area contributed by atoms with Gasteiger partial charge < -0.3 is 14.6 Å². The Morgan fingerprint density at radius 2 is 2.20 bits per heavy atom. The summed E-state index contributed by atoms with van der Waals surface area (Å²) in [6.45, 7) is 9.56. The highest BCUT2D eigenvalue weighted by Crippen LogP contribution is 2.21. The first kappa shape index (κ1) is 14.8. The van der Waals surface area contributed by atoms with Crippen LogP contribution < -0.4 is 5.32 Å². The van der Waals surface area contributed by atoms with E-state index in [9.17, 15) is 0 Å². The lowest BCUT2D eigenvalue weighted by Crippen LogP contribution is -2.18. The zero-order valence-electron chi connectivity index (χ0n) is 12.5. The number of hydrogen-bond donors (Lipinski definition) is 1. The number of rotatable bonds is 8. The number of fused-ring (bicyclic) bond motifs is 1. The van der Waals surface area contributed by atoms with Crippen LogP contribution in [0.25, 0.3) is 10.9 Å². The third-order valence-corrected chi connectivity index (χ3v) is 3.48. The number of allylic oxidation sites excluding steroid dienone is 1. The first-order valence-electron chi connectivity index (χ1n) is 7.13. The number of ether oxygens (including phenoxy) is 1. The summed E-state index contributed by atoms with van der Waals surface area (Å²) in [6, 6.07) is 8.71. The van der Waals surface area contributed by atoms with Crippen LogP contribution in [0.1, 0.15) is 18.9 Å². The Labute approximate surface area is 121 Å². The summed E-state index contributed by atoms with van der Waals surface area (Å²) < 4.78 is 7.36. The van der Waals surface area contributed by atoms with Crippen LogP contribution in [0.3, 0.4) is 0 Å². The number of aryl methyl sites for hydroxylation is 1. The van der Waals surface area contributed by atoms with E-state index in [-0.39, 0.29) is 0 Å². The molecule has 1 heterocycles. The number of nitrogens with zero attached hydrogens (tertiary/aromatic N) is 1. The maximum absolute atomic E-state index is 5.05. The molecule has 3 nitrogen and oxygen atoms in total. The maximum Gasteiger partial charge on any atom is 0.0587 e. The van der Waals surface area contributed by atoms with Crippen LogP contribution in [0.5, 0.6) is 0 Å². The van der Waals surface area contributed by atoms with E-state index in [2.05, 4.69) is 53.8 Å². The van der Waals surface area contributed by atoms with Gasteiger partial charge in [0.2, 0.25) is 0 Å². The molecule has 0 saturated carbocycles. The fraction of sp³-hybridized carbons (Fsp3) is 0.412. The molecule has 1 aromatic carbocycles. The summed E-state index contributed by atoms with van der Waals surface area (Å²) >= 11 is 0. The summed E-state index contributed by atoms with van der Waals surface area (Å²) in [6.07, 6.45) is 3.20. The van der Waals surface area contributed by atoms with Crippen molar-refractivity contribution in [2.45, 2.75) is 26.4 Å². The van der Waals surface area contributed by atoms with Crippen molar-refractivity contribution in [1.82, 2.24) is 9.88 Å². The number of methoxy groups -OCH3 is 1.